The first kappa shape index (κ1) is 13.9. The molecule has 18 heavy (non-hydrogen) atoms. The molecule has 0 saturated carbocycles. The van der Waals surface area contributed by atoms with E-state index in [0.29, 0.717) is 18.0 Å². The maximum absolute atomic E-state index is 6.24. The third-order valence-corrected chi connectivity index (χ3v) is 3.83. The Kier molecular flexibility index (Phi) is 5.04. The molecule has 3 heteroatoms. The van der Waals surface area contributed by atoms with Gasteiger partial charge in [0.05, 0.1) is 6.61 Å². The van der Waals surface area contributed by atoms with Gasteiger partial charge >= 0.3 is 0 Å². The molecule has 1 aromatic carbocycles. The Morgan fingerprint density at radius 3 is 2.89 bits per heavy atom. The molecule has 100 valence electrons. The van der Waals surface area contributed by atoms with Crippen LogP contribution in [0.25, 0.3) is 0 Å². The van der Waals surface area contributed by atoms with Crippen LogP contribution in [0.1, 0.15) is 25.8 Å². The number of benzene rings is 1. The number of hydrogen-bond donors (Lipinski definition) is 1. The van der Waals surface area contributed by atoms with Crippen LogP contribution in [-0.2, 0) is 11.2 Å². The molecule has 2 nitrogen and oxygen atoms in total. The van der Waals surface area contributed by atoms with E-state index < -0.39 is 0 Å². The second kappa shape index (κ2) is 6.55. The molecule has 2 rings (SSSR count). The van der Waals surface area contributed by atoms with Crippen LogP contribution in [0.5, 0.6) is 0 Å². The Morgan fingerprint density at radius 1 is 1.39 bits per heavy atom. The zero-order valence-electron chi connectivity index (χ0n) is 11.2. The monoisotopic (exact) mass is 267 g/mol. The van der Waals surface area contributed by atoms with E-state index in [1.165, 1.54) is 5.56 Å². The highest BCUT2D eigenvalue weighted by Crippen LogP contribution is 2.24. The maximum atomic E-state index is 6.24. The zero-order chi connectivity index (χ0) is 13.0. The number of halogens is 1. The van der Waals surface area contributed by atoms with Gasteiger partial charge in [0.2, 0.25) is 0 Å². The van der Waals surface area contributed by atoms with Gasteiger partial charge in [0.15, 0.2) is 0 Å². The molecule has 1 aromatic rings. The van der Waals surface area contributed by atoms with Crippen LogP contribution < -0.4 is 5.32 Å². The Morgan fingerprint density at radius 2 is 2.17 bits per heavy atom. The Balaban J connectivity index is 2.03. The second-order valence-corrected chi connectivity index (χ2v) is 5.75. The SMILES string of the molecule is CC(C)N[C@H]1CCOC[C@@H]1Cc1ccccc1Cl. The molecule has 0 radical (unpaired) electrons. The van der Waals surface area contributed by atoms with Crippen LogP contribution in [-0.4, -0.2) is 25.3 Å². The van der Waals surface area contributed by atoms with Crippen LogP contribution >= 0.6 is 11.6 Å². The molecule has 0 spiro atoms. The third-order valence-electron chi connectivity index (χ3n) is 3.46. The summed E-state index contributed by atoms with van der Waals surface area (Å²) in [7, 11) is 0. The fourth-order valence-corrected chi connectivity index (χ4v) is 2.80. The van der Waals surface area contributed by atoms with Crippen molar-refractivity contribution < 1.29 is 4.74 Å². The van der Waals surface area contributed by atoms with E-state index in [2.05, 4.69) is 31.3 Å². The van der Waals surface area contributed by atoms with Crippen molar-refractivity contribution in [2.24, 2.45) is 5.92 Å². The number of ether oxygens (including phenoxy) is 1. The first-order valence-electron chi connectivity index (χ1n) is 6.74. The summed E-state index contributed by atoms with van der Waals surface area (Å²) in [5, 5.41) is 4.52. The van der Waals surface area contributed by atoms with Gasteiger partial charge in [0.1, 0.15) is 0 Å². The molecule has 1 heterocycles. The summed E-state index contributed by atoms with van der Waals surface area (Å²) in [6.45, 7) is 6.09. The van der Waals surface area contributed by atoms with E-state index in [-0.39, 0.29) is 0 Å². The van der Waals surface area contributed by atoms with E-state index in [1.54, 1.807) is 0 Å². The van der Waals surface area contributed by atoms with Gasteiger partial charge in [0, 0.05) is 29.6 Å². The summed E-state index contributed by atoms with van der Waals surface area (Å²) < 4.78 is 5.62. The zero-order valence-corrected chi connectivity index (χ0v) is 11.9. The van der Waals surface area contributed by atoms with Crippen LogP contribution in [0.3, 0.4) is 0 Å². The lowest BCUT2D eigenvalue weighted by Gasteiger charge is -2.34. The Bertz CT molecular complexity index is 381. The molecule has 1 saturated heterocycles. The van der Waals surface area contributed by atoms with Gasteiger partial charge in [-0.25, -0.2) is 0 Å². The minimum atomic E-state index is 0.515. The van der Waals surface area contributed by atoms with Gasteiger partial charge in [-0.15, -0.1) is 0 Å². The van der Waals surface area contributed by atoms with Crippen molar-refractivity contribution in [1.29, 1.82) is 0 Å². The molecule has 2 atom stereocenters. The van der Waals surface area contributed by atoms with E-state index in [4.69, 9.17) is 16.3 Å². The van der Waals surface area contributed by atoms with Crippen molar-refractivity contribution in [3.05, 3.63) is 34.9 Å². The van der Waals surface area contributed by atoms with Crippen LogP contribution in [0.15, 0.2) is 24.3 Å². The van der Waals surface area contributed by atoms with Crippen molar-refractivity contribution in [1.82, 2.24) is 5.32 Å². The highest BCUT2D eigenvalue weighted by atomic mass is 35.5. The molecular weight excluding hydrogens is 246 g/mol. The number of hydrogen-bond acceptors (Lipinski definition) is 2. The van der Waals surface area contributed by atoms with Gasteiger partial charge in [-0.1, -0.05) is 43.6 Å². The van der Waals surface area contributed by atoms with E-state index in [1.807, 2.05) is 12.1 Å². The highest BCUT2D eigenvalue weighted by Gasteiger charge is 2.26. The van der Waals surface area contributed by atoms with E-state index in [9.17, 15) is 0 Å². The Hall–Kier alpha value is -0.570. The number of rotatable bonds is 4. The standard InChI is InChI=1S/C15H22ClNO/c1-11(2)17-15-7-8-18-10-13(15)9-12-5-3-4-6-14(12)16/h3-6,11,13,15,17H,7-10H2,1-2H3/t13-,15-/m0/s1. The molecule has 1 N–H and O–H groups in total. The lowest BCUT2D eigenvalue weighted by atomic mass is 9.89. The van der Waals surface area contributed by atoms with Gasteiger partial charge in [0.25, 0.3) is 0 Å². The fraction of sp³-hybridized carbons (Fsp3) is 0.600. The summed E-state index contributed by atoms with van der Waals surface area (Å²) >= 11 is 6.24. The highest BCUT2D eigenvalue weighted by molar-refractivity contribution is 6.31. The molecule has 1 fully saturated rings. The first-order valence-corrected chi connectivity index (χ1v) is 7.12. The summed E-state index contributed by atoms with van der Waals surface area (Å²) in [6, 6.07) is 9.16. The topological polar surface area (TPSA) is 21.3 Å². The van der Waals surface area contributed by atoms with Crippen molar-refractivity contribution in [2.45, 2.75) is 38.8 Å². The van der Waals surface area contributed by atoms with E-state index >= 15 is 0 Å². The lowest BCUT2D eigenvalue weighted by molar-refractivity contribution is 0.0300. The molecule has 0 aliphatic carbocycles. The lowest BCUT2D eigenvalue weighted by Crippen LogP contribution is -2.46. The molecule has 1 aliphatic rings. The van der Waals surface area contributed by atoms with Gasteiger partial charge in [-0.2, -0.15) is 0 Å². The normalized spacial score (nSPS) is 24.4. The molecule has 0 bridgehead atoms. The molecule has 1 aliphatic heterocycles. The molecule has 0 aromatic heterocycles. The summed E-state index contributed by atoms with van der Waals surface area (Å²) in [4.78, 5) is 0. The van der Waals surface area contributed by atoms with Crippen LogP contribution in [0.4, 0.5) is 0 Å². The summed E-state index contributed by atoms with van der Waals surface area (Å²) in [5.41, 5.74) is 1.23. The van der Waals surface area contributed by atoms with Crippen molar-refractivity contribution in [2.75, 3.05) is 13.2 Å². The largest absolute Gasteiger partial charge is 0.381 e. The minimum Gasteiger partial charge on any atom is -0.381 e. The second-order valence-electron chi connectivity index (χ2n) is 5.35. The molecule has 0 amide bonds. The predicted molar refractivity (Wildman–Crippen MR) is 76.1 cm³/mol. The maximum Gasteiger partial charge on any atom is 0.0512 e. The van der Waals surface area contributed by atoms with E-state index in [0.717, 1.165) is 31.1 Å². The quantitative estimate of drug-likeness (QED) is 0.904. The van der Waals surface area contributed by atoms with Gasteiger partial charge in [-0.3, -0.25) is 0 Å². The number of nitrogens with one attached hydrogen (secondary N) is 1. The Labute approximate surface area is 115 Å². The van der Waals surface area contributed by atoms with Crippen LogP contribution in [0, 0.1) is 5.92 Å². The molecular formula is C15H22ClNO. The smallest absolute Gasteiger partial charge is 0.0512 e. The van der Waals surface area contributed by atoms with Crippen molar-refractivity contribution >= 4 is 11.6 Å². The van der Waals surface area contributed by atoms with Crippen molar-refractivity contribution in [3.8, 4) is 0 Å². The van der Waals surface area contributed by atoms with Gasteiger partial charge in [-0.05, 0) is 24.5 Å². The van der Waals surface area contributed by atoms with Gasteiger partial charge < -0.3 is 10.1 Å². The summed E-state index contributed by atoms with van der Waals surface area (Å²) in [6.07, 6.45) is 2.08. The van der Waals surface area contributed by atoms with Crippen LogP contribution in [0.2, 0.25) is 5.02 Å². The van der Waals surface area contributed by atoms with Crippen molar-refractivity contribution in [3.63, 3.8) is 0 Å². The fourth-order valence-electron chi connectivity index (χ4n) is 2.59. The molecule has 0 unspecified atom stereocenters. The average molecular weight is 268 g/mol. The minimum absolute atomic E-state index is 0.515. The predicted octanol–water partition coefficient (Wildman–Crippen LogP) is 3.29. The average Bonchev–Trinajstić information content (AvgIpc) is 2.34. The first-order chi connectivity index (χ1) is 8.66. The summed E-state index contributed by atoms with van der Waals surface area (Å²) in [5.74, 6) is 0.515. The third kappa shape index (κ3) is 3.71.